The lowest BCUT2D eigenvalue weighted by molar-refractivity contribution is 0.352. The predicted octanol–water partition coefficient (Wildman–Crippen LogP) is 2.30. The zero-order chi connectivity index (χ0) is 12.4. The van der Waals surface area contributed by atoms with Gasteiger partial charge in [0.25, 0.3) is 0 Å². The van der Waals surface area contributed by atoms with Gasteiger partial charge in [0.1, 0.15) is 0 Å². The van der Waals surface area contributed by atoms with Crippen LogP contribution in [-0.2, 0) is 13.5 Å². The molecule has 3 heteroatoms. The maximum atomic E-state index is 4.43. The summed E-state index contributed by atoms with van der Waals surface area (Å²) in [6.07, 6.45) is 3.87. The lowest BCUT2D eigenvalue weighted by atomic mass is 9.91. The standard InChI is InChI=1S/C14H25N3/c1-10(2)12(9-15-13-5-6-13)8-14-7-11(3)16-17(14)4/h7,10,12-13,15H,5-6,8-9H2,1-4H3. The Bertz CT molecular complexity index is 364. The molecule has 0 saturated heterocycles. The first-order chi connectivity index (χ1) is 8.06. The Morgan fingerprint density at radius 2 is 2.18 bits per heavy atom. The molecule has 1 N–H and O–H groups in total. The second-order valence-corrected chi connectivity index (χ2v) is 5.79. The summed E-state index contributed by atoms with van der Waals surface area (Å²) in [6.45, 7) is 7.85. The van der Waals surface area contributed by atoms with E-state index < -0.39 is 0 Å². The van der Waals surface area contributed by atoms with E-state index in [1.807, 2.05) is 11.7 Å². The van der Waals surface area contributed by atoms with Gasteiger partial charge in [-0.05, 0) is 50.6 Å². The molecule has 0 aromatic carbocycles. The van der Waals surface area contributed by atoms with E-state index in [2.05, 4.69) is 37.3 Å². The van der Waals surface area contributed by atoms with Gasteiger partial charge in [0.2, 0.25) is 0 Å². The first-order valence-electron chi connectivity index (χ1n) is 6.79. The van der Waals surface area contributed by atoms with Crippen LogP contribution in [0.4, 0.5) is 0 Å². The summed E-state index contributed by atoms with van der Waals surface area (Å²) in [7, 11) is 2.05. The molecule has 0 aliphatic heterocycles. The number of aromatic nitrogens is 2. The summed E-state index contributed by atoms with van der Waals surface area (Å²) in [5.41, 5.74) is 2.49. The van der Waals surface area contributed by atoms with Gasteiger partial charge in [-0.15, -0.1) is 0 Å². The third kappa shape index (κ3) is 3.56. The smallest absolute Gasteiger partial charge is 0.0596 e. The Hall–Kier alpha value is -0.830. The minimum absolute atomic E-state index is 0.713. The highest BCUT2D eigenvalue weighted by Crippen LogP contribution is 2.22. The van der Waals surface area contributed by atoms with Crippen molar-refractivity contribution in [2.24, 2.45) is 18.9 Å². The van der Waals surface area contributed by atoms with Crippen LogP contribution in [-0.4, -0.2) is 22.4 Å². The molecule has 1 atom stereocenters. The van der Waals surface area contributed by atoms with Gasteiger partial charge in [-0.1, -0.05) is 13.8 Å². The van der Waals surface area contributed by atoms with E-state index in [1.165, 1.54) is 18.5 Å². The lowest BCUT2D eigenvalue weighted by Gasteiger charge is -2.21. The molecule has 1 aromatic rings. The quantitative estimate of drug-likeness (QED) is 0.820. The minimum Gasteiger partial charge on any atom is -0.314 e. The topological polar surface area (TPSA) is 29.9 Å². The van der Waals surface area contributed by atoms with E-state index in [4.69, 9.17) is 0 Å². The van der Waals surface area contributed by atoms with Gasteiger partial charge in [0.15, 0.2) is 0 Å². The molecule has 1 aliphatic carbocycles. The van der Waals surface area contributed by atoms with Crippen molar-refractivity contribution in [1.29, 1.82) is 0 Å². The van der Waals surface area contributed by atoms with Crippen molar-refractivity contribution in [2.75, 3.05) is 6.54 Å². The fourth-order valence-electron chi connectivity index (χ4n) is 2.27. The number of hydrogen-bond acceptors (Lipinski definition) is 2. The third-order valence-electron chi connectivity index (χ3n) is 3.76. The van der Waals surface area contributed by atoms with E-state index in [1.54, 1.807) is 0 Å². The van der Waals surface area contributed by atoms with E-state index in [9.17, 15) is 0 Å². The van der Waals surface area contributed by atoms with Crippen molar-refractivity contribution in [1.82, 2.24) is 15.1 Å². The highest BCUT2D eigenvalue weighted by Gasteiger charge is 2.23. The molecule has 0 spiro atoms. The predicted molar refractivity (Wildman–Crippen MR) is 71.0 cm³/mol. The van der Waals surface area contributed by atoms with Crippen LogP contribution in [0.3, 0.4) is 0 Å². The first-order valence-corrected chi connectivity index (χ1v) is 6.79. The van der Waals surface area contributed by atoms with Crippen LogP contribution in [0.15, 0.2) is 6.07 Å². The molecule has 1 aliphatic rings. The molecule has 1 fully saturated rings. The van der Waals surface area contributed by atoms with Crippen LogP contribution in [0.5, 0.6) is 0 Å². The molecule has 96 valence electrons. The van der Waals surface area contributed by atoms with Crippen molar-refractivity contribution >= 4 is 0 Å². The molecule has 2 rings (SSSR count). The van der Waals surface area contributed by atoms with Gasteiger partial charge >= 0.3 is 0 Å². The van der Waals surface area contributed by atoms with Crippen LogP contribution in [0.1, 0.15) is 38.1 Å². The Morgan fingerprint density at radius 3 is 2.65 bits per heavy atom. The number of aryl methyl sites for hydroxylation is 2. The summed E-state index contributed by atoms with van der Waals surface area (Å²) in [5.74, 6) is 1.43. The summed E-state index contributed by atoms with van der Waals surface area (Å²) in [4.78, 5) is 0. The zero-order valence-electron chi connectivity index (χ0n) is 11.5. The summed E-state index contributed by atoms with van der Waals surface area (Å²) in [6, 6.07) is 3.02. The fraction of sp³-hybridized carbons (Fsp3) is 0.786. The number of rotatable bonds is 6. The molecule has 1 saturated carbocycles. The molecular weight excluding hydrogens is 210 g/mol. The van der Waals surface area contributed by atoms with E-state index in [0.29, 0.717) is 5.92 Å². The van der Waals surface area contributed by atoms with Crippen molar-refractivity contribution in [3.63, 3.8) is 0 Å². The zero-order valence-corrected chi connectivity index (χ0v) is 11.5. The maximum Gasteiger partial charge on any atom is 0.0596 e. The summed E-state index contributed by atoms with van der Waals surface area (Å²) < 4.78 is 2.03. The molecule has 17 heavy (non-hydrogen) atoms. The number of nitrogens with one attached hydrogen (secondary N) is 1. The van der Waals surface area contributed by atoms with Crippen LogP contribution >= 0.6 is 0 Å². The van der Waals surface area contributed by atoms with Gasteiger partial charge in [-0.2, -0.15) is 5.10 Å². The molecule has 0 bridgehead atoms. The van der Waals surface area contributed by atoms with E-state index in [0.717, 1.165) is 30.6 Å². The van der Waals surface area contributed by atoms with Gasteiger partial charge in [0.05, 0.1) is 5.69 Å². The maximum absolute atomic E-state index is 4.43. The third-order valence-corrected chi connectivity index (χ3v) is 3.76. The number of hydrogen-bond donors (Lipinski definition) is 1. The van der Waals surface area contributed by atoms with E-state index in [-0.39, 0.29) is 0 Å². The Morgan fingerprint density at radius 1 is 1.47 bits per heavy atom. The van der Waals surface area contributed by atoms with Crippen molar-refractivity contribution in [2.45, 2.75) is 46.1 Å². The van der Waals surface area contributed by atoms with Crippen LogP contribution in [0, 0.1) is 18.8 Å². The Balaban J connectivity index is 1.93. The molecular formula is C14H25N3. The summed E-state index contributed by atoms with van der Waals surface area (Å²) in [5, 5.41) is 8.08. The second kappa shape index (κ2) is 5.21. The van der Waals surface area contributed by atoms with E-state index >= 15 is 0 Å². The Kier molecular flexibility index (Phi) is 3.87. The molecule has 0 amide bonds. The Labute approximate surface area is 105 Å². The SMILES string of the molecule is Cc1cc(CC(CNC2CC2)C(C)C)n(C)n1. The van der Waals surface area contributed by atoms with Gasteiger partial charge < -0.3 is 5.32 Å². The van der Waals surface area contributed by atoms with Crippen LogP contribution < -0.4 is 5.32 Å². The molecule has 1 unspecified atom stereocenters. The number of nitrogens with zero attached hydrogens (tertiary/aromatic N) is 2. The second-order valence-electron chi connectivity index (χ2n) is 5.79. The first kappa shape index (κ1) is 12.6. The molecule has 3 nitrogen and oxygen atoms in total. The van der Waals surface area contributed by atoms with Crippen LogP contribution in [0.2, 0.25) is 0 Å². The molecule has 1 heterocycles. The lowest BCUT2D eigenvalue weighted by Crippen LogP contribution is -2.29. The van der Waals surface area contributed by atoms with Crippen molar-refractivity contribution < 1.29 is 0 Å². The normalized spacial score (nSPS) is 17.7. The van der Waals surface area contributed by atoms with Crippen molar-refractivity contribution in [3.8, 4) is 0 Å². The van der Waals surface area contributed by atoms with Gasteiger partial charge in [0, 0.05) is 18.8 Å². The highest BCUT2D eigenvalue weighted by atomic mass is 15.3. The van der Waals surface area contributed by atoms with Crippen molar-refractivity contribution in [3.05, 3.63) is 17.5 Å². The monoisotopic (exact) mass is 235 g/mol. The average molecular weight is 235 g/mol. The minimum atomic E-state index is 0.713. The fourth-order valence-corrected chi connectivity index (χ4v) is 2.27. The van der Waals surface area contributed by atoms with Gasteiger partial charge in [-0.25, -0.2) is 0 Å². The summed E-state index contributed by atoms with van der Waals surface area (Å²) >= 11 is 0. The average Bonchev–Trinajstić information content (AvgIpc) is 3.00. The highest BCUT2D eigenvalue weighted by molar-refractivity contribution is 5.09. The molecule has 0 radical (unpaired) electrons. The molecule has 1 aromatic heterocycles. The van der Waals surface area contributed by atoms with Gasteiger partial charge in [-0.3, -0.25) is 4.68 Å². The largest absolute Gasteiger partial charge is 0.314 e. The van der Waals surface area contributed by atoms with Crippen LogP contribution in [0.25, 0.3) is 0 Å².